The number of thiazole rings is 1. The van der Waals surface area contributed by atoms with Gasteiger partial charge in [-0.05, 0) is 19.1 Å². The van der Waals surface area contributed by atoms with E-state index < -0.39 is 0 Å². The van der Waals surface area contributed by atoms with Crippen LogP contribution in [-0.2, 0) is 0 Å². The molecule has 0 aliphatic rings. The van der Waals surface area contributed by atoms with Gasteiger partial charge in [-0.2, -0.15) is 4.68 Å². The Balaban J connectivity index is 2.12. The fourth-order valence-corrected chi connectivity index (χ4v) is 2.47. The molecule has 0 saturated heterocycles. The van der Waals surface area contributed by atoms with Gasteiger partial charge in [0.05, 0.1) is 17.6 Å². The van der Waals surface area contributed by atoms with Gasteiger partial charge in [0.2, 0.25) is 5.13 Å². The fourth-order valence-electron chi connectivity index (χ4n) is 1.71. The van der Waals surface area contributed by atoms with Crippen LogP contribution in [0.25, 0.3) is 16.4 Å². The number of rotatable bonds is 2. The van der Waals surface area contributed by atoms with Crippen LogP contribution in [0.4, 0.5) is 5.69 Å². The molecule has 2 aromatic heterocycles. The summed E-state index contributed by atoms with van der Waals surface area (Å²) in [5.74, 6) is 0. The maximum atomic E-state index is 5.79. The third-order valence-corrected chi connectivity index (χ3v) is 3.45. The van der Waals surface area contributed by atoms with Crippen molar-refractivity contribution in [3.05, 3.63) is 41.5 Å². The van der Waals surface area contributed by atoms with E-state index in [0.717, 1.165) is 27.8 Å². The van der Waals surface area contributed by atoms with E-state index >= 15 is 0 Å². The van der Waals surface area contributed by atoms with Gasteiger partial charge in [0.25, 0.3) is 0 Å². The van der Waals surface area contributed by atoms with Crippen molar-refractivity contribution in [2.75, 3.05) is 5.73 Å². The number of anilines is 1. The first-order valence-corrected chi connectivity index (χ1v) is 6.31. The maximum absolute atomic E-state index is 5.79. The van der Waals surface area contributed by atoms with Gasteiger partial charge in [0.15, 0.2) is 0 Å². The molecule has 0 atom stereocenters. The Bertz CT molecular complexity index is 685. The first-order valence-electron chi connectivity index (χ1n) is 5.43. The zero-order chi connectivity index (χ0) is 12.5. The molecule has 2 heterocycles. The van der Waals surface area contributed by atoms with Crippen molar-refractivity contribution in [2.45, 2.75) is 6.92 Å². The molecule has 0 aliphatic heterocycles. The Labute approximate surface area is 108 Å². The minimum Gasteiger partial charge on any atom is -0.399 e. The molecule has 3 rings (SSSR count). The molecule has 0 amide bonds. The molecule has 18 heavy (non-hydrogen) atoms. The van der Waals surface area contributed by atoms with Crippen LogP contribution >= 0.6 is 11.3 Å². The lowest BCUT2D eigenvalue weighted by Crippen LogP contribution is -1.99. The summed E-state index contributed by atoms with van der Waals surface area (Å²) < 4.78 is 1.73. The molecule has 0 radical (unpaired) electrons. The lowest BCUT2D eigenvalue weighted by Gasteiger charge is -2.03. The quantitative estimate of drug-likeness (QED) is 0.715. The SMILES string of the molecule is Cc1csc(-n2nncc2-c2cccc(N)c2)n1. The molecule has 3 aromatic rings. The topological polar surface area (TPSA) is 69.6 Å². The second-order valence-electron chi connectivity index (χ2n) is 3.93. The number of nitrogen functional groups attached to an aromatic ring is 1. The van der Waals surface area contributed by atoms with E-state index in [1.165, 1.54) is 11.3 Å². The van der Waals surface area contributed by atoms with Gasteiger partial charge >= 0.3 is 0 Å². The minimum atomic E-state index is 0.718. The highest BCUT2D eigenvalue weighted by Gasteiger charge is 2.11. The third kappa shape index (κ3) is 1.86. The number of aryl methyl sites for hydroxylation is 1. The first-order chi connectivity index (χ1) is 8.74. The molecule has 6 heteroatoms. The highest BCUT2D eigenvalue weighted by Crippen LogP contribution is 2.24. The van der Waals surface area contributed by atoms with E-state index in [1.54, 1.807) is 10.9 Å². The van der Waals surface area contributed by atoms with Crippen molar-refractivity contribution >= 4 is 17.0 Å². The molecule has 0 spiro atoms. The van der Waals surface area contributed by atoms with E-state index in [9.17, 15) is 0 Å². The summed E-state index contributed by atoms with van der Waals surface area (Å²) in [4.78, 5) is 4.41. The number of hydrogen-bond acceptors (Lipinski definition) is 5. The largest absolute Gasteiger partial charge is 0.399 e. The van der Waals surface area contributed by atoms with E-state index in [1.807, 2.05) is 36.6 Å². The van der Waals surface area contributed by atoms with Crippen LogP contribution in [0.15, 0.2) is 35.8 Å². The van der Waals surface area contributed by atoms with Gasteiger partial charge in [0, 0.05) is 16.6 Å². The van der Waals surface area contributed by atoms with E-state index in [4.69, 9.17) is 5.73 Å². The monoisotopic (exact) mass is 257 g/mol. The van der Waals surface area contributed by atoms with Gasteiger partial charge < -0.3 is 5.73 Å². The highest BCUT2D eigenvalue weighted by molar-refractivity contribution is 7.12. The molecule has 0 saturated carbocycles. The van der Waals surface area contributed by atoms with Gasteiger partial charge in [-0.1, -0.05) is 17.3 Å². The summed E-state index contributed by atoms with van der Waals surface area (Å²) in [6.45, 7) is 1.96. The van der Waals surface area contributed by atoms with Crippen molar-refractivity contribution in [3.63, 3.8) is 0 Å². The molecule has 1 aromatic carbocycles. The van der Waals surface area contributed by atoms with Crippen LogP contribution in [0.2, 0.25) is 0 Å². The summed E-state index contributed by atoms with van der Waals surface area (Å²) >= 11 is 1.54. The number of nitrogens with two attached hydrogens (primary N) is 1. The Morgan fingerprint density at radius 2 is 2.22 bits per heavy atom. The van der Waals surface area contributed by atoms with Crippen LogP contribution in [0.5, 0.6) is 0 Å². The summed E-state index contributed by atoms with van der Waals surface area (Å²) in [5.41, 5.74) is 9.35. The lowest BCUT2D eigenvalue weighted by molar-refractivity contribution is 0.799. The van der Waals surface area contributed by atoms with E-state index in [-0.39, 0.29) is 0 Å². The summed E-state index contributed by atoms with van der Waals surface area (Å²) in [6.07, 6.45) is 1.71. The van der Waals surface area contributed by atoms with Gasteiger partial charge in [-0.3, -0.25) is 0 Å². The third-order valence-electron chi connectivity index (χ3n) is 2.52. The zero-order valence-corrected chi connectivity index (χ0v) is 10.6. The summed E-state index contributed by atoms with van der Waals surface area (Å²) in [6, 6.07) is 7.64. The Kier molecular flexibility index (Phi) is 2.56. The molecule has 0 aliphatic carbocycles. The predicted molar refractivity (Wildman–Crippen MR) is 71.6 cm³/mol. The van der Waals surface area contributed by atoms with E-state index in [2.05, 4.69) is 15.3 Å². The Morgan fingerprint density at radius 1 is 1.33 bits per heavy atom. The van der Waals surface area contributed by atoms with Crippen LogP contribution in [0.1, 0.15) is 5.69 Å². The smallest absolute Gasteiger partial charge is 0.212 e. The zero-order valence-electron chi connectivity index (χ0n) is 9.74. The number of hydrogen-bond donors (Lipinski definition) is 1. The maximum Gasteiger partial charge on any atom is 0.212 e. The standard InChI is InChI=1S/C12H11N5S/c1-8-7-18-12(15-8)17-11(6-14-16-17)9-3-2-4-10(13)5-9/h2-7H,13H2,1H3. The average molecular weight is 257 g/mol. The minimum absolute atomic E-state index is 0.718. The molecule has 5 nitrogen and oxygen atoms in total. The van der Waals surface area contributed by atoms with Gasteiger partial charge in [0.1, 0.15) is 0 Å². The molecule has 2 N–H and O–H groups in total. The van der Waals surface area contributed by atoms with Gasteiger partial charge in [-0.25, -0.2) is 4.98 Å². The molecule has 0 unspecified atom stereocenters. The number of aromatic nitrogens is 4. The second kappa shape index (κ2) is 4.23. The lowest BCUT2D eigenvalue weighted by atomic mass is 10.1. The van der Waals surface area contributed by atoms with Crippen LogP contribution in [0, 0.1) is 6.92 Å². The predicted octanol–water partition coefficient (Wildman–Crippen LogP) is 2.28. The Hall–Kier alpha value is -2.21. The normalized spacial score (nSPS) is 10.7. The number of nitrogens with zero attached hydrogens (tertiary/aromatic N) is 4. The number of benzene rings is 1. The van der Waals surface area contributed by atoms with Crippen LogP contribution in [0.3, 0.4) is 0 Å². The molecule has 0 bridgehead atoms. The Morgan fingerprint density at radius 3 is 2.94 bits per heavy atom. The molecular weight excluding hydrogens is 246 g/mol. The molecular formula is C12H11N5S. The summed E-state index contributed by atoms with van der Waals surface area (Å²) in [7, 11) is 0. The van der Waals surface area contributed by atoms with Crippen LogP contribution < -0.4 is 5.73 Å². The van der Waals surface area contributed by atoms with E-state index in [0.29, 0.717) is 0 Å². The van der Waals surface area contributed by atoms with Crippen molar-refractivity contribution in [2.24, 2.45) is 0 Å². The fraction of sp³-hybridized carbons (Fsp3) is 0.0833. The molecule has 0 fully saturated rings. The second-order valence-corrected chi connectivity index (χ2v) is 4.76. The van der Waals surface area contributed by atoms with Crippen molar-refractivity contribution in [1.29, 1.82) is 0 Å². The van der Waals surface area contributed by atoms with Crippen molar-refractivity contribution in [1.82, 2.24) is 20.0 Å². The van der Waals surface area contributed by atoms with Crippen molar-refractivity contribution in [3.8, 4) is 16.4 Å². The van der Waals surface area contributed by atoms with Crippen LogP contribution in [-0.4, -0.2) is 20.0 Å². The first kappa shape index (κ1) is 10.9. The highest BCUT2D eigenvalue weighted by atomic mass is 32.1. The molecule has 90 valence electrons. The van der Waals surface area contributed by atoms with Gasteiger partial charge in [-0.15, -0.1) is 16.4 Å². The summed E-state index contributed by atoms with van der Waals surface area (Å²) in [5, 5.41) is 10.8. The van der Waals surface area contributed by atoms with Crippen molar-refractivity contribution < 1.29 is 0 Å². The average Bonchev–Trinajstić information content (AvgIpc) is 2.96.